The third-order valence-electron chi connectivity index (χ3n) is 5.63. The van der Waals surface area contributed by atoms with Gasteiger partial charge in [-0.15, -0.1) is 0 Å². The van der Waals surface area contributed by atoms with Gasteiger partial charge in [0.05, 0.1) is 7.11 Å². The van der Waals surface area contributed by atoms with Crippen LogP contribution in [0.2, 0.25) is 0 Å². The summed E-state index contributed by atoms with van der Waals surface area (Å²) in [5.74, 6) is 2.41. The SMILES string of the molecule is COc1ccc(CCC(=O)N[C@H]2CCN(c3ccccn3)C2)cc1OCc1ccccc1. The highest BCUT2D eigenvalue weighted by molar-refractivity contribution is 5.76. The van der Waals surface area contributed by atoms with E-state index in [2.05, 4.69) is 15.2 Å². The number of rotatable bonds is 9. The van der Waals surface area contributed by atoms with Crippen LogP contribution in [0.1, 0.15) is 24.0 Å². The van der Waals surface area contributed by atoms with Gasteiger partial charge in [-0.2, -0.15) is 0 Å². The lowest BCUT2D eigenvalue weighted by molar-refractivity contribution is -0.121. The summed E-state index contributed by atoms with van der Waals surface area (Å²) < 4.78 is 11.4. The highest BCUT2D eigenvalue weighted by atomic mass is 16.5. The van der Waals surface area contributed by atoms with Crippen molar-refractivity contribution in [2.75, 3.05) is 25.1 Å². The van der Waals surface area contributed by atoms with E-state index >= 15 is 0 Å². The number of pyridine rings is 1. The molecule has 1 aliphatic heterocycles. The minimum absolute atomic E-state index is 0.0699. The summed E-state index contributed by atoms with van der Waals surface area (Å²) in [6, 6.07) is 21.9. The molecule has 1 atom stereocenters. The Bertz CT molecular complexity index is 1010. The summed E-state index contributed by atoms with van der Waals surface area (Å²) in [4.78, 5) is 19.1. The summed E-state index contributed by atoms with van der Waals surface area (Å²) in [5, 5.41) is 3.17. The van der Waals surface area contributed by atoms with Crippen LogP contribution in [-0.4, -0.2) is 37.1 Å². The predicted molar refractivity (Wildman–Crippen MR) is 125 cm³/mol. The molecule has 1 aliphatic rings. The highest BCUT2D eigenvalue weighted by Gasteiger charge is 2.24. The maximum Gasteiger partial charge on any atom is 0.220 e. The van der Waals surface area contributed by atoms with Gasteiger partial charge in [0.15, 0.2) is 11.5 Å². The molecule has 0 aliphatic carbocycles. The van der Waals surface area contributed by atoms with Gasteiger partial charge in [-0.05, 0) is 48.2 Å². The van der Waals surface area contributed by atoms with Crippen molar-refractivity contribution >= 4 is 11.7 Å². The summed E-state index contributed by atoms with van der Waals surface area (Å²) in [6.45, 7) is 2.17. The molecule has 0 bridgehead atoms. The Hall–Kier alpha value is -3.54. The molecule has 166 valence electrons. The van der Waals surface area contributed by atoms with E-state index in [1.807, 2.05) is 66.7 Å². The third-order valence-corrected chi connectivity index (χ3v) is 5.63. The molecule has 1 saturated heterocycles. The third kappa shape index (κ3) is 5.78. The van der Waals surface area contributed by atoms with Crippen molar-refractivity contribution in [3.63, 3.8) is 0 Å². The molecule has 1 aromatic heterocycles. The smallest absolute Gasteiger partial charge is 0.220 e. The number of nitrogens with zero attached hydrogens (tertiary/aromatic N) is 2. The molecule has 6 nitrogen and oxygen atoms in total. The maximum absolute atomic E-state index is 12.5. The molecule has 1 amide bonds. The van der Waals surface area contributed by atoms with Gasteiger partial charge in [-0.1, -0.05) is 42.5 Å². The van der Waals surface area contributed by atoms with Crippen LogP contribution in [0, 0.1) is 0 Å². The largest absolute Gasteiger partial charge is 0.493 e. The van der Waals surface area contributed by atoms with Crippen LogP contribution in [0.5, 0.6) is 11.5 Å². The van der Waals surface area contributed by atoms with E-state index in [1.54, 1.807) is 13.3 Å². The van der Waals surface area contributed by atoms with E-state index in [-0.39, 0.29) is 11.9 Å². The minimum atomic E-state index is 0.0699. The zero-order valence-corrected chi connectivity index (χ0v) is 18.4. The standard InChI is InChI=1S/C26H29N3O3/c1-31-23-12-10-20(17-24(23)32-19-21-7-3-2-4-8-21)11-13-26(30)28-22-14-16-29(18-22)25-9-5-6-15-27-25/h2-10,12,15,17,22H,11,13-14,16,18-19H2,1H3,(H,28,30)/t22-/m0/s1. The van der Waals surface area contributed by atoms with Gasteiger partial charge in [0.2, 0.25) is 5.91 Å². The van der Waals surface area contributed by atoms with Gasteiger partial charge in [-0.3, -0.25) is 4.79 Å². The van der Waals surface area contributed by atoms with Crippen molar-refractivity contribution in [3.8, 4) is 11.5 Å². The summed E-state index contributed by atoms with van der Waals surface area (Å²) in [5.41, 5.74) is 2.14. The van der Waals surface area contributed by atoms with Crippen molar-refractivity contribution < 1.29 is 14.3 Å². The second-order valence-corrected chi connectivity index (χ2v) is 7.95. The van der Waals surface area contributed by atoms with Gasteiger partial charge in [0, 0.05) is 31.7 Å². The number of anilines is 1. The fourth-order valence-corrected chi connectivity index (χ4v) is 3.91. The Labute approximate surface area is 189 Å². The fraction of sp³-hybridized carbons (Fsp3) is 0.308. The van der Waals surface area contributed by atoms with Crippen LogP contribution in [0.3, 0.4) is 0 Å². The van der Waals surface area contributed by atoms with E-state index in [0.717, 1.165) is 36.5 Å². The van der Waals surface area contributed by atoms with Gasteiger partial charge in [-0.25, -0.2) is 4.98 Å². The van der Waals surface area contributed by atoms with Crippen LogP contribution in [-0.2, 0) is 17.8 Å². The number of hydrogen-bond acceptors (Lipinski definition) is 5. The summed E-state index contributed by atoms with van der Waals surface area (Å²) >= 11 is 0. The van der Waals surface area contributed by atoms with Crippen molar-refractivity contribution in [2.24, 2.45) is 0 Å². The topological polar surface area (TPSA) is 63.7 Å². The van der Waals surface area contributed by atoms with Crippen LogP contribution >= 0.6 is 0 Å². The molecule has 1 N–H and O–H groups in total. The Balaban J connectivity index is 1.28. The number of aromatic nitrogens is 1. The molecule has 32 heavy (non-hydrogen) atoms. The van der Waals surface area contributed by atoms with Crippen LogP contribution < -0.4 is 19.7 Å². The van der Waals surface area contributed by atoms with Gasteiger partial charge >= 0.3 is 0 Å². The van der Waals surface area contributed by atoms with Crippen LogP contribution in [0.4, 0.5) is 5.82 Å². The second-order valence-electron chi connectivity index (χ2n) is 7.95. The van der Waals surface area contributed by atoms with Gasteiger partial charge in [0.1, 0.15) is 12.4 Å². The quantitative estimate of drug-likeness (QED) is 0.555. The molecule has 1 fully saturated rings. The maximum atomic E-state index is 12.5. The van der Waals surface area contributed by atoms with Crippen molar-refractivity contribution in [3.05, 3.63) is 84.1 Å². The van der Waals surface area contributed by atoms with Crippen LogP contribution in [0.25, 0.3) is 0 Å². The number of methoxy groups -OCH3 is 1. The summed E-state index contributed by atoms with van der Waals surface area (Å²) in [7, 11) is 1.63. The van der Waals surface area contributed by atoms with Gasteiger partial charge in [0.25, 0.3) is 0 Å². The Morgan fingerprint density at radius 3 is 2.69 bits per heavy atom. The van der Waals surface area contributed by atoms with Gasteiger partial charge < -0.3 is 19.7 Å². The highest BCUT2D eigenvalue weighted by Crippen LogP contribution is 2.29. The molecule has 6 heteroatoms. The molecule has 4 rings (SSSR count). The number of hydrogen-bond donors (Lipinski definition) is 1. The molecule has 2 heterocycles. The number of aryl methyl sites for hydroxylation is 1. The van der Waals surface area contributed by atoms with E-state index in [9.17, 15) is 4.79 Å². The number of carbonyl (C=O) groups is 1. The molecule has 0 unspecified atom stereocenters. The van der Waals surface area contributed by atoms with E-state index in [1.165, 1.54) is 0 Å². The molecule has 0 spiro atoms. The monoisotopic (exact) mass is 431 g/mol. The molecular weight excluding hydrogens is 402 g/mol. The normalized spacial score (nSPS) is 15.4. The van der Waals surface area contributed by atoms with Crippen molar-refractivity contribution in [2.45, 2.75) is 31.9 Å². The first-order chi connectivity index (χ1) is 15.7. The lowest BCUT2D eigenvalue weighted by Crippen LogP contribution is -2.37. The molecule has 0 saturated carbocycles. The first kappa shape index (κ1) is 21.7. The first-order valence-electron chi connectivity index (χ1n) is 11.0. The first-order valence-corrected chi connectivity index (χ1v) is 11.0. The van der Waals surface area contributed by atoms with E-state index < -0.39 is 0 Å². The lowest BCUT2D eigenvalue weighted by atomic mass is 10.1. The van der Waals surface area contributed by atoms with E-state index in [0.29, 0.717) is 30.9 Å². The fourth-order valence-electron chi connectivity index (χ4n) is 3.91. The Morgan fingerprint density at radius 1 is 1.06 bits per heavy atom. The number of carbonyl (C=O) groups excluding carboxylic acids is 1. The number of ether oxygens (including phenoxy) is 2. The number of nitrogens with one attached hydrogen (secondary N) is 1. The van der Waals surface area contributed by atoms with Crippen molar-refractivity contribution in [1.29, 1.82) is 0 Å². The lowest BCUT2D eigenvalue weighted by Gasteiger charge is -2.17. The average Bonchev–Trinajstić information content (AvgIpc) is 3.31. The van der Waals surface area contributed by atoms with Crippen molar-refractivity contribution in [1.82, 2.24) is 10.3 Å². The molecule has 0 radical (unpaired) electrons. The second kappa shape index (κ2) is 10.7. The Kier molecular flexibility index (Phi) is 7.23. The predicted octanol–water partition coefficient (Wildman–Crippen LogP) is 4.00. The molecular formula is C26H29N3O3. The summed E-state index contributed by atoms with van der Waals surface area (Å²) in [6.07, 6.45) is 3.81. The minimum Gasteiger partial charge on any atom is -0.493 e. The number of benzene rings is 2. The molecule has 3 aromatic rings. The van der Waals surface area contributed by atoms with E-state index in [4.69, 9.17) is 9.47 Å². The molecule has 2 aromatic carbocycles. The number of amides is 1. The Morgan fingerprint density at radius 2 is 1.91 bits per heavy atom. The van der Waals surface area contributed by atoms with Crippen LogP contribution in [0.15, 0.2) is 72.9 Å². The average molecular weight is 432 g/mol. The zero-order chi connectivity index (χ0) is 22.2. The zero-order valence-electron chi connectivity index (χ0n) is 18.4.